The Labute approximate surface area is 102 Å². The van der Waals surface area contributed by atoms with Gasteiger partial charge in [-0.05, 0) is 31.0 Å². The molecule has 92 valence electrons. The number of pyridine rings is 1. The fourth-order valence-electron chi connectivity index (χ4n) is 1.84. The first-order valence-electron chi connectivity index (χ1n) is 5.74. The Balaban J connectivity index is 1.96. The van der Waals surface area contributed by atoms with Gasteiger partial charge >= 0.3 is 0 Å². The van der Waals surface area contributed by atoms with Crippen molar-refractivity contribution in [1.29, 1.82) is 0 Å². The van der Waals surface area contributed by atoms with Crippen LogP contribution in [0.15, 0.2) is 35.3 Å². The molecule has 1 aromatic carbocycles. The second-order valence-electron chi connectivity index (χ2n) is 4.59. The van der Waals surface area contributed by atoms with E-state index in [0.717, 1.165) is 0 Å². The zero-order valence-electron chi connectivity index (χ0n) is 9.56. The Bertz CT molecular complexity index is 686. The predicted molar refractivity (Wildman–Crippen MR) is 67.4 cm³/mol. The molecule has 5 nitrogen and oxygen atoms in total. The Morgan fingerprint density at radius 2 is 2.11 bits per heavy atom. The summed E-state index contributed by atoms with van der Waals surface area (Å²) in [7, 11) is 0. The van der Waals surface area contributed by atoms with E-state index in [1.54, 1.807) is 24.4 Å². The normalized spacial score (nSPS) is 16.5. The van der Waals surface area contributed by atoms with Crippen LogP contribution in [0.3, 0.4) is 0 Å². The molecule has 1 fully saturated rings. The van der Waals surface area contributed by atoms with E-state index in [-0.39, 0.29) is 5.43 Å². The summed E-state index contributed by atoms with van der Waals surface area (Å²) in [5.74, 6) is -0.408. The summed E-state index contributed by atoms with van der Waals surface area (Å²) in [5, 5.41) is 12.8. The second kappa shape index (κ2) is 3.68. The van der Waals surface area contributed by atoms with Gasteiger partial charge in [0, 0.05) is 28.9 Å². The number of nitrogens with one attached hydrogen (secondary N) is 2. The number of aromatic nitrogens is 1. The van der Waals surface area contributed by atoms with Gasteiger partial charge in [-0.25, -0.2) is 0 Å². The van der Waals surface area contributed by atoms with Crippen molar-refractivity contribution in [3.63, 3.8) is 0 Å². The van der Waals surface area contributed by atoms with Crippen LogP contribution in [-0.4, -0.2) is 21.6 Å². The van der Waals surface area contributed by atoms with E-state index in [9.17, 15) is 14.7 Å². The second-order valence-corrected chi connectivity index (χ2v) is 4.59. The molecule has 0 unspecified atom stereocenters. The molecule has 3 rings (SSSR count). The Hall–Kier alpha value is -2.14. The summed E-state index contributed by atoms with van der Waals surface area (Å²) in [6.45, 7) is 0. The summed E-state index contributed by atoms with van der Waals surface area (Å²) in [6.07, 6.45) is 2.57. The van der Waals surface area contributed by atoms with E-state index < -0.39 is 11.5 Å². The third-order valence-corrected chi connectivity index (χ3v) is 3.16. The third kappa shape index (κ3) is 1.78. The lowest BCUT2D eigenvalue weighted by molar-refractivity contribution is -0.125. The lowest BCUT2D eigenvalue weighted by Crippen LogP contribution is -2.29. The number of carbonyl (C=O) groups is 1. The van der Waals surface area contributed by atoms with Gasteiger partial charge < -0.3 is 15.4 Å². The lowest BCUT2D eigenvalue weighted by Gasteiger charge is -2.09. The standard InChI is InChI=1S/C13H12N2O3/c16-11-3-6-14-10-2-1-8(7-9(10)11)15-12(17)13(18)4-5-13/h1-3,6-7,18H,4-5H2,(H,14,16)(H,15,17). The summed E-state index contributed by atoms with van der Waals surface area (Å²) in [4.78, 5) is 26.3. The van der Waals surface area contributed by atoms with Crippen molar-refractivity contribution in [2.45, 2.75) is 18.4 Å². The molecular weight excluding hydrogens is 232 g/mol. The summed E-state index contributed by atoms with van der Waals surface area (Å²) in [6, 6.07) is 6.46. The number of fused-ring (bicyclic) bond motifs is 1. The molecular formula is C13H12N2O3. The molecule has 0 bridgehead atoms. The molecule has 1 amide bonds. The van der Waals surface area contributed by atoms with Crippen LogP contribution in [0, 0.1) is 0 Å². The van der Waals surface area contributed by atoms with Crippen LogP contribution >= 0.6 is 0 Å². The molecule has 0 spiro atoms. The third-order valence-electron chi connectivity index (χ3n) is 3.16. The number of rotatable bonds is 2. The van der Waals surface area contributed by atoms with E-state index in [0.29, 0.717) is 29.4 Å². The van der Waals surface area contributed by atoms with Crippen LogP contribution in [0.5, 0.6) is 0 Å². The SMILES string of the molecule is O=C(Nc1ccc2[nH]ccc(=O)c2c1)C1(O)CC1. The number of hydrogen-bond acceptors (Lipinski definition) is 3. The summed E-state index contributed by atoms with van der Waals surface area (Å²) >= 11 is 0. The van der Waals surface area contributed by atoms with Gasteiger partial charge in [0.05, 0.1) is 0 Å². The minimum atomic E-state index is -1.21. The highest BCUT2D eigenvalue weighted by Gasteiger charge is 2.48. The first kappa shape index (κ1) is 11.0. The zero-order chi connectivity index (χ0) is 12.8. The maximum Gasteiger partial charge on any atom is 0.256 e. The number of benzene rings is 1. The molecule has 1 aromatic heterocycles. The molecule has 18 heavy (non-hydrogen) atoms. The van der Waals surface area contributed by atoms with Crippen molar-refractivity contribution in [3.05, 3.63) is 40.7 Å². The van der Waals surface area contributed by atoms with Crippen molar-refractivity contribution in [3.8, 4) is 0 Å². The van der Waals surface area contributed by atoms with Gasteiger partial charge in [0.25, 0.3) is 5.91 Å². The number of aliphatic hydroxyl groups is 1. The minimum absolute atomic E-state index is 0.106. The van der Waals surface area contributed by atoms with Crippen molar-refractivity contribution in [2.75, 3.05) is 5.32 Å². The highest BCUT2D eigenvalue weighted by Crippen LogP contribution is 2.36. The number of anilines is 1. The van der Waals surface area contributed by atoms with Gasteiger partial charge in [-0.3, -0.25) is 9.59 Å². The maximum absolute atomic E-state index is 11.7. The van der Waals surface area contributed by atoms with E-state index in [1.165, 1.54) is 6.07 Å². The minimum Gasteiger partial charge on any atom is -0.380 e. The lowest BCUT2D eigenvalue weighted by atomic mass is 10.2. The van der Waals surface area contributed by atoms with Crippen LogP contribution in [0.25, 0.3) is 10.9 Å². The van der Waals surface area contributed by atoms with Gasteiger partial charge in [0.1, 0.15) is 5.60 Å². The first-order chi connectivity index (χ1) is 8.58. The first-order valence-corrected chi connectivity index (χ1v) is 5.74. The van der Waals surface area contributed by atoms with Crippen molar-refractivity contribution < 1.29 is 9.90 Å². The van der Waals surface area contributed by atoms with Gasteiger partial charge in [0.15, 0.2) is 5.43 Å². The van der Waals surface area contributed by atoms with Crippen LogP contribution in [0.1, 0.15) is 12.8 Å². The van der Waals surface area contributed by atoms with Crippen molar-refractivity contribution >= 4 is 22.5 Å². The molecule has 1 aliphatic carbocycles. The topological polar surface area (TPSA) is 82.2 Å². The highest BCUT2D eigenvalue weighted by atomic mass is 16.3. The van der Waals surface area contributed by atoms with Crippen LogP contribution in [-0.2, 0) is 4.79 Å². The molecule has 0 aliphatic heterocycles. The summed E-state index contributed by atoms with van der Waals surface area (Å²) in [5.41, 5.74) is -0.0851. The zero-order valence-corrected chi connectivity index (χ0v) is 9.56. The molecule has 3 N–H and O–H groups in total. The van der Waals surface area contributed by atoms with Crippen LogP contribution < -0.4 is 10.7 Å². The fourth-order valence-corrected chi connectivity index (χ4v) is 1.84. The van der Waals surface area contributed by atoms with E-state index >= 15 is 0 Å². The molecule has 1 heterocycles. The predicted octanol–water partition coefficient (Wildman–Crippen LogP) is 0.991. The Morgan fingerprint density at radius 3 is 2.83 bits per heavy atom. The number of amides is 1. The molecule has 5 heteroatoms. The number of carbonyl (C=O) groups excluding carboxylic acids is 1. The molecule has 2 aromatic rings. The van der Waals surface area contributed by atoms with Crippen molar-refractivity contribution in [1.82, 2.24) is 4.98 Å². The van der Waals surface area contributed by atoms with Crippen LogP contribution in [0.2, 0.25) is 0 Å². The molecule has 1 saturated carbocycles. The molecule has 0 saturated heterocycles. The average Bonchev–Trinajstić information content (AvgIpc) is 3.10. The molecule has 0 atom stereocenters. The molecule has 0 radical (unpaired) electrons. The molecule has 1 aliphatic rings. The fraction of sp³-hybridized carbons (Fsp3) is 0.231. The monoisotopic (exact) mass is 244 g/mol. The van der Waals surface area contributed by atoms with E-state index in [1.807, 2.05) is 0 Å². The highest BCUT2D eigenvalue weighted by molar-refractivity contribution is 6.00. The van der Waals surface area contributed by atoms with Gasteiger partial charge in [0.2, 0.25) is 0 Å². The average molecular weight is 244 g/mol. The van der Waals surface area contributed by atoms with Gasteiger partial charge in [-0.2, -0.15) is 0 Å². The van der Waals surface area contributed by atoms with E-state index in [2.05, 4.69) is 10.3 Å². The quantitative estimate of drug-likeness (QED) is 0.736. The number of hydrogen-bond donors (Lipinski definition) is 3. The van der Waals surface area contributed by atoms with E-state index in [4.69, 9.17) is 0 Å². The van der Waals surface area contributed by atoms with Gasteiger partial charge in [-0.1, -0.05) is 0 Å². The summed E-state index contributed by atoms with van der Waals surface area (Å²) < 4.78 is 0. The number of H-pyrrole nitrogens is 1. The largest absolute Gasteiger partial charge is 0.380 e. The van der Waals surface area contributed by atoms with Crippen LogP contribution in [0.4, 0.5) is 5.69 Å². The van der Waals surface area contributed by atoms with Crippen molar-refractivity contribution in [2.24, 2.45) is 0 Å². The number of aromatic amines is 1. The Morgan fingerprint density at radius 1 is 1.33 bits per heavy atom. The van der Waals surface area contributed by atoms with Gasteiger partial charge in [-0.15, -0.1) is 0 Å². The maximum atomic E-state index is 11.7. The smallest absolute Gasteiger partial charge is 0.256 e. The Kier molecular flexibility index (Phi) is 2.24.